The molecule has 22 heavy (non-hydrogen) atoms. The molecule has 7 heteroatoms. The zero-order valence-electron chi connectivity index (χ0n) is 13.4. The van der Waals surface area contributed by atoms with Gasteiger partial charge in [-0.2, -0.15) is 0 Å². The van der Waals surface area contributed by atoms with Gasteiger partial charge in [0, 0.05) is 32.5 Å². The fraction of sp³-hybridized carbons (Fsp3) is 0.467. The Bertz CT molecular complexity index is 778. The van der Waals surface area contributed by atoms with Crippen LogP contribution in [0.15, 0.2) is 29.3 Å². The topological polar surface area (TPSA) is 48.3 Å². The van der Waals surface area contributed by atoms with E-state index in [9.17, 15) is 8.42 Å². The van der Waals surface area contributed by atoms with Crippen molar-refractivity contribution in [2.24, 2.45) is 0 Å². The first kappa shape index (κ1) is 17.5. The van der Waals surface area contributed by atoms with Crippen molar-refractivity contribution in [1.29, 1.82) is 0 Å². The molecule has 0 saturated heterocycles. The first-order chi connectivity index (χ1) is 10.1. The van der Waals surface area contributed by atoms with Crippen LogP contribution in [0, 0.1) is 0 Å². The van der Waals surface area contributed by atoms with Crippen LogP contribution in [0.5, 0.6) is 0 Å². The van der Waals surface area contributed by atoms with Crippen molar-refractivity contribution in [3.63, 3.8) is 0 Å². The number of benzene rings is 1. The van der Waals surface area contributed by atoms with E-state index in [0.717, 1.165) is 11.4 Å². The van der Waals surface area contributed by atoms with Gasteiger partial charge in [-0.05, 0) is 24.2 Å². The van der Waals surface area contributed by atoms with Gasteiger partial charge in [0.25, 0.3) is 0 Å². The predicted molar refractivity (Wildman–Crippen MR) is 94.2 cm³/mol. The Kier molecular flexibility index (Phi) is 5.06. The van der Waals surface area contributed by atoms with Gasteiger partial charge in [-0.25, -0.2) is 8.42 Å². The third kappa shape index (κ3) is 4.13. The molecule has 0 spiro atoms. The first-order valence-corrected chi connectivity index (χ1v) is 13.1. The standard InChI is InChI=1S/C15H22ClNO3SSi/c1-21(18,19)14-6-5-13(16)12-7-8-17(15(12)14)11-20-9-10-22(2,3)4/h5-8H,9-11H2,1-4H3. The van der Waals surface area contributed by atoms with Crippen molar-refractivity contribution in [2.45, 2.75) is 37.3 Å². The highest BCUT2D eigenvalue weighted by atomic mass is 35.5. The smallest absolute Gasteiger partial charge is 0.177 e. The first-order valence-electron chi connectivity index (χ1n) is 7.15. The Balaban J connectivity index is 2.30. The molecule has 1 heterocycles. The molecule has 0 unspecified atom stereocenters. The molecule has 2 rings (SSSR count). The lowest BCUT2D eigenvalue weighted by Crippen LogP contribution is -2.22. The van der Waals surface area contributed by atoms with E-state index >= 15 is 0 Å². The van der Waals surface area contributed by atoms with Crippen molar-refractivity contribution in [2.75, 3.05) is 12.9 Å². The van der Waals surface area contributed by atoms with Crippen LogP contribution in [0.3, 0.4) is 0 Å². The summed E-state index contributed by atoms with van der Waals surface area (Å²) >= 11 is 6.17. The van der Waals surface area contributed by atoms with Crippen LogP contribution < -0.4 is 0 Å². The van der Waals surface area contributed by atoms with E-state index in [1.165, 1.54) is 6.26 Å². The van der Waals surface area contributed by atoms with Gasteiger partial charge in [0.15, 0.2) is 9.84 Å². The molecule has 1 aromatic heterocycles. The second-order valence-corrected chi connectivity index (χ2v) is 14.7. The molecule has 122 valence electrons. The summed E-state index contributed by atoms with van der Waals surface area (Å²) in [6.07, 6.45) is 3.03. The van der Waals surface area contributed by atoms with Gasteiger partial charge in [-0.15, -0.1) is 0 Å². The molecule has 0 fully saturated rings. The Morgan fingerprint density at radius 3 is 2.50 bits per heavy atom. The second-order valence-electron chi connectivity index (χ2n) is 6.71. The average molecular weight is 360 g/mol. The number of aromatic nitrogens is 1. The van der Waals surface area contributed by atoms with Crippen molar-refractivity contribution in [3.05, 3.63) is 29.4 Å². The molecule has 0 amide bonds. The number of halogens is 1. The molecule has 2 aromatic rings. The van der Waals surface area contributed by atoms with Gasteiger partial charge in [-0.3, -0.25) is 0 Å². The highest BCUT2D eigenvalue weighted by molar-refractivity contribution is 7.91. The summed E-state index contributed by atoms with van der Waals surface area (Å²) in [4.78, 5) is 0.283. The molecular formula is C15H22ClNO3SSi. The number of hydrogen-bond acceptors (Lipinski definition) is 3. The Morgan fingerprint density at radius 1 is 1.23 bits per heavy atom. The lowest BCUT2D eigenvalue weighted by molar-refractivity contribution is 0.0900. The number of ether oxygens (including phenoxy) is 1. The number of hydrogen-bond donors (Lipinski definition) is 0. The van der Waals surface area contributed by atoms with Crippen LogP contribution in [0.1, 0.15) is 0 Å². The maximum Gasteiger partial charge on any atom is 0.177 e. The minimum Gasteiger partial charge on any atom is -0.361 e. The van der Waals surface area contributed by atoms with E-state index in [-0.39, 0.29) is 4.90 Å². The van der Waals surface area contributed by atoms with Crippen LogP contribution in [0.2, 0.25) is 30.7 Å². The number of sulfone groups is 1. The SMILES string of the molecule is C[Si](C)(C)CCOCn1ccc2c(Cl)ccc(S(C)(=O)=O)c21. The molecule has 0 radical (unpaired) electrons. The number of fused-ring (bicyclic) bond motifs is 1. The Hall–Kier alpha value is -0.823. The maximum atomic E-state index is 12.0. The summed E-state index contributed by atoms with van der Waals surface area (Å²) in [5.74, 6) is 0. The van der Waals surface area contributed by atoms with Crippen molar-refractivity contribution in [3.8, 4) is 0 Å². The normalized spacial score (nSPS) is 13.0. The van der Waals surface area contributed by atoms with Crippen molar-refractivity contribution >= 4 is 40.4 Å². The molecular weight excluding hydrogens is 338 g/mol. The average Bonchev–Trinajstić information content (AvgIpc) is 2.77. The van der Waals surface area contributed by atoms with Crippen LogP contribution in [0.25, 0.3) is 10.9 Å². The number of rotatable bonds is 6. The molecule has 4 nitrogen and oxygen atoms in total. The third-order valence-corrected chi connectivity index (χ3v) is 6.62. The van der Waals surface area contributed by atoms with E-state index in [1.54, 1.807) is 12.1 Å². The molecule has 1 aromatic carbocycles. The minimum atomic E-state index is -3.32. The quantitative estimate of drug-likeness (QED) is 0.578. The molecule has 0 aliphatic rings. The summed E-state index contributed by atoms with van der Waals surface area (Å²) in [6, 6.07) is 6.08. The van der Waals surface area contributed by atoms with E-state index in [2.05, 4.69) is 19.6 Å². The largest absolute Gasteiger partial charge is 0.361 e. The molecule has 0 aliphatic carbocycles. The van der Waals surface area contributed by atoms with Gasteiger partial charge < -0.3 is 9.30 Å². The summed E-state index contributed by atoms with van der Waals surface area (Å²) in [5, 5.41) is 1.28. The minimum absolute atomic E-state index is 0.283. The van der Waals surface area contributed by atoms with Gasteiger partial charge in [0.1, 0.15) is 6.73 Å². The van der Waals surface area contributed by atoms with E-state index < -0.39 is 17.9 Å². The summed E-state index contributed by atoms with van der Waals surface area (Å²) in [6.45, 7) is 7.90. The van der Waals surface area contributed by atoms with Crippen LogP contribution in [-0.4, -0.2) is 33.9 Å². The molecule has 0 N–H and O–H groups in total. The molecule has 0 aliphatic heterocycles. The van der Waals surface area contributed by atoms with Gasteiger partial charge >= 0.3 is 0 Å². The highest BCUT2D eigenvalue weighted by Crippen LogP contribution is 2.30. The third-order valence-electron chi connectivity index (χ3n) is 3.46. The molecule has 0 saturated carbocycles. The van der Waals surface area contributed by atoms with Crippen LogP contribution >= 0.6 is 11.6 Å². The van der Waals surface area contributed by atoms with Crippen molar-refractivity contribution < 1.29 is 13.2 Å². The fourth-order valence-corrected chi connectivity index (χ4v) is 4.07. The number of nitrogens with zero attached hydrogens (tertiary/aromatic N) is 1. The molecule has 0 atom stereocenters. The van der Waals surface area contributed by atoms with Crippen LogP contribution in [-0.2, 0) is 21.3 Å². The summed E-state index contributed by atoms with van der Waals surface area (Å²) in [5.41, 5.74) is 0.614. The zero-order valence-corrected chi connectivity index (χ0v) is 16.0. The monoisotopic (exact) mass is 359 g/mol. The van der Waals surface area contributed by atoms with Gasteiger partial charge in [0.2, 0.25) is 0 Å². The van der Waals surface area contributed by atoms with Gasteiger partial charge in [0.05, 0.1) is 15.4 Å². The lowest BCUT2D eigenvalue weighted by Gasteiger charge is -2.16. The lowest BCUT2D eigenvalue weighted by atomic mass is 10.2. The predicted octanol–water partition coefficient (Wildman–Crippen LogP) is 4.01. The van der Waals surface area contributed by atoms with Crippen LogP contribution in [0.4, 0.5) is 0 Å². The fourth-order valence-electron chi connectivity index (χ4n) is 2.21. The Morgan fingerprint density at radius 2 is 1.91 bits per heavy atom. The van der Waals surface area contributed by atoms with E-state index in [1.807, 2.05) is 16.8 Å². The Labute approximate surface area is 138 Å². The maximum absolute atomic E-state index is 12.0. The molecule has 0 bridgehead atoms. The summed E-state index contributed by atoms with van der Waals surface area (Å²) in [7, 11) is -4.45. The second kappa shape index (κ2) is 6.35. The van der Waals surface area contributed by atoms with Gasteiger partial charge in [-0.1, -0.05) is 31.2 Å². The zero-order chi connectivity index (χ0) is 16.5. The van der Waals surface area contributed by atoms with E-state index in [0.29, 0.717) is 23.9 Å². The highest BCUT2D eigenvalue weighted by Gasteiger charge is 2.17. The van der Waals surface area contributed by atoms with E-state index in [4.69, 9.17) is 16.3 Å². The summed E-state index contributed by atoms with van der Waals surface area (Å²) < 4.78 is 31.5. The van der Waals surface area contributed by atoms with Crippen molar-refractivity contribution in [1.82, 2.24) is 4.57 Å².